The van der Waals surface area contributed by atoms with Crippen LogP contribution in [0.15, 0.2) is 60.7 Å². The third-order valence-electron chi connectivity index (χ3n) is 6.28. The lowest BCUT2D eigenvalue weighted by atomic mass is 10.0. The lowest BCUT2D eigenvalue weighted by Crippen LogP contribution is -2.50. The number of likely N-dealkylation sites (tertiary alicyclic amines) is 1. The van der Waals surface area contributed by atoms with Crippen molar-refractivity contribution in [3.05, 3.63) is 66.2 Å². The van der Waals surface area contributed by atoms with E-state index in [0.717, 1.165) is 48.1 Å². The molecule has 2 aliphatic rings. The number of rotatable bonds is 4. The molecule has 2 unspecified atom stereocenters. The number of amides is 1. The molecular formula is C24H25N3O3S. The van der Waals surface area contributed by atoms with Crippen molar-refractivity contribution in [2.24, 2.45) is 0 Å². The maximum Gasteiger partial charge on any atom is 0.252 e. The van der Waals surface area contributed by atoms with Crippen molar-refractivity contribution < 1.29 is 13.2 Å². The first kappa shape index (κ1) is 20.2. The quantitative estimate of drug-likeness (QED) is 0.682. The van der Waals surface area contributed by atoms with Gasteiger partial charge >= 0.3 is 0 Å². The van der Waals surface area contributed by atoms with Crippen LogP contribution in [-0.4, -0.2) is 60.9 Å². The van der Waals surface area contributed by atoms with E-state index < -0.39 is 15.9 Å². The van der Waals surface area contributed by atoms with Crippen LogP contribution >= 0.6 is 0 Å². The van der Waals surface area contributed by atoms with E-state index in [1.54, 1.807) is 6.07 Å². The molecule has 0 bridgehead atoms. The van der Waals surface area contributed by atoms with Crippen LogP contribution in [0.2, 0.25) is 0 Å². The van der Waals surface area contributed by atoms with E-state index in [2.05, 4.69) is 10.2 Å². The Labute approximate surface area is 182 Å². The van der Waals surface area contributed by atoms with Crippen molar-refractivity contribution in [2.45, 2.75) is 24.9 Å². The third-order valence-corrected chi connectivity index (χ3v) is 8.00. The number of nitrogens with zero attached hydrogens (tertiary/aromatic N) is 2. The number of nitrogens with one attached hydrogen (secondary N) is 1. The Morgan fingerprint density at radius 1 is 0.968 bits per heavy atom. The van der Waals surface area contributed by atoms with Crippen LogP contribution in [0.1, 0.15) is 23.2 Å². The highest BCUT2D eigenvalue weighted by Gasteiger charge is 2.42. The molecule has 0 aliphatic carbocycles. The summed E-state index contributed by atoms with van der Waals surface area (Å²) in [6.07, 6.45) is 2.15. The summed E-state index contributed by atoms with van der Waals surface area (Å²) in [5.74, 6) is -0.138. The van der Waals surface area contributed by atoms with Crippen LogP contribution in [0.5, 0.6) is 0 Å². The van der Waals surface area contributed by atoms with Gasteiger partial charge in [0, 0.05) is 17.0 Å². The fourth-order valence-electron chi connectivity index (χ4n) is 4.77. The summed E-state index contributed by atoms with van der Waals surface area (Å²) in [6, 6.07) is 18.6. The van der Waals surface area contributed by atoms with Crippen LogP contribution in [0, 0.1) is 0 Å². The molecule has 7 heteroatoms. The van der Waals surface area contributed by atoms with Crippen LogP contribution in [-0.2, 0) is 9.84 Å². The normalized spacial score (nSPS) is 23.2. The van der Waals surface area contributed by atoms with Gasteiger partial charge in [-0.1, -0.05) is 48.5 Å². The Morgan fingerprint density at radius 3 is 2.45 bits per heavy atom. The fourth-order valence-corrected chi connectivity index (χ4v) is 6.72. The molecule has 3 aromatic rings. The smallest absolute Gasteiger partial charge is 0.252 e. The lowest BCUT2D eigenvalue weighted by Gasteiger charge is -2.28. The Bertz CT molecular complexity index is 1220. The molecule has 5 rings (SSSR count). The zero-order valence-corrected chi connectivity index (χ0v) is 18.0. The van der Waals surface area contributed by atoms with Gasteiger partial charge in [-0.3, -0.25) is 9.69 Å². The standard InChI is InChI=1S/C24H25N3O3S/c28-24(26-22-15-31(29,30)16-23(22)27-12-6-7-13-27)19-14-21(17-8-2-1-3-9-17)25-20-11-5-4-10-18(19)20/h1-5,8-11,14,22-23H,6-7,12-13,15-16H2,(H,26,28). The highest BCUT2D eigenvalue weighted by atomic mass is 32.2. The van der Waals surface area contributed by atoms with E-state index in [1.165, 1.54) is 0 Å². The molecule has 0 spiro atoms. The van der Waals surface area contributed by atoms with Gasteiger partial charge in [0.15, 0.2) is 9.84 Å². The Balaban J connectivity index is 1.50. The number of aromatic nitrogens is 1. The van der Waals surface area contributed by atoms with E-state index in [0.29, 0.717) is 5.56 Å². The van der Waals surface area contributed by atoms with Crippen molar-refractivity contribution >= 4 is 26.6 Å². The molecule has 6 nitrogen and oxygen atoms in total. The maximum atomic E-state index is 13.4. The number of sulfone groups is 1. The summed E-state index contributed by atoms with van der Waals surface area (Å²) in [7, 11) is -3.17. The number of pyridine rings is 1. The second-order valence-corrected chi connectivity index (χ2v) is 10.6. The number of hydrogen-bond donors (Lipinski definition) is 1. The number of hydrogen-bond acceptors (Lipinski definition) is 5. The molecule has 2 aliphatic heterocycles. The highest BCUT2D eigenvalue weighted by Crippen LogP contribution is 2.27. The van der Waals surface area contributed by atoms with Crippen molar-refractivity contribution in [1.82, 2.24) is 15.2 Å². The van der Waals surface area contributed by atoms with Gasteiger partial charge in [-0.15, -0.1) is 0 Å². The van der Waals surface area contributed by atoms with E-state index in [9.17, 15) is 13.2 Å². The third kappa shape index (κ3) is 4.07. The number of para-hydroxylation sites is 1. The summed E-state index contributed by atoms with van der Waals surface area (Å²) in [5, 5.41) is 3.82. The largest absolute Gasteiger partial charge is 0.347 e. The van der Waals surface area contributed by atoms with Crippen LogP contribution in [0.3, 0.4) is 0 Å². The first-order valence-corrected chi connectivity index (χ1v) is 12.5. The van der Waals surface area contributed by atoms with E-state index in [1.807, 2.05) is 54.6 Å². The first-order valence-electron chi connectivity index (χ1n) is 10.7. The summed E-state index contributed by atoms with van der Waals surface area (Å²) < 4.78 is 24.8. The number of benzene rings is 2. The predicted octanol–water partition coefficient (Wildman–Crippen LogP) is 2.89. The van der Waals surface area contributed by atoms with Gasteiger partial charge in [-0.2, -0.15) is 0 Å². The van der Waals surface area contributed by atoms with Gasteiger partial charge < -0.3 is 5.32 Å². The first-order chi connectivity index (χ1) is 15.0. The molecule has 2 fully saturated rings. The fraction of sp³-hybridized carbons (Fsp3) is 0.333. The molecule has 2 saturated heterocycles. The van der Waals surface area contributed by atoms with E-state index >= 15 is 0 Å². The molecule has 0 saturated carbocycles. The second kappa shape index (κ2) is 8.05. The topological polar surface area (TPSA) is 79.4 Å². The minimum absolute atomic E-state index is 0.00549. The van der Waals surface area contributed by atoms with Crippen LogP contribution in [0.4, 0.5) is 0 Å². The molecule has 0 radical (unpaired) electrons. The van der Waals surface area contributed by atoms with E-state index in [-0.39, 0.29) is 23.5 Å². The molecule has 1 aromatic heterocycles. The maximum absolute atomic E-state index is 13.4. The molecule has 2 atom stereocenters. The minimum Gasteiger partial charge on any atom is -0.347 e. The summed E-state index contributed by atoms with van der Waals surface area (Å²) in [5.41, 5.74) is 2.92. The SMILES string of the molecule is O=C(NC1CS(=O)(=O)CC1N1CCCC1)c1cc(-c2ccccc2)nc2ccccc12. The van der Waals surface area contributed by atoms with Crippen molar-refractivity contribution in [2.75, 3.05) is 24.6 Å². The van der Waals surface area contributed by atoms with Crippen molar-refractivity contribution in [3.63, 3.8) is 0 Å². The Kier molecular flexibility index (Phi) is 5.24. The number of carbonyl (C=O) groups excluding carboxylic acids is 1. The molecule has 1 N–H and O–H groups in total. The van der Waals surface area contributed by atoms with Gasteiger partial charge in [0.2, 0.25) is 0 Å². The Morgan fingerprint density at radius 2 is 1.68 bits per heavy atom. The molecule has 31 heavy (non-hydrogen) atoms. The number of fused-ring (bicyclic) bond motifs is 1. The predicted molar refractivity (Wildman–Crippen MR) is 122 cm³/mol. The average Bonchev–Trinajstić information content (AvgIpc) is 3.41. The highest BCUT2D eigenvalue weighted by molar-refractivity contribution is 7.91. The molecule has 3 heterocycles. The Hall–Kier alpha value is -2.77. The van der Waals surface area contributed by atoms with Crippen molar-refractivity contribution in [1.29, 1.82) is 0 Å². The second-order valence-electron chi connectivity index (χ2n) is 8.41. The summed E-state index contributed by atoms with van der Waals surface area (Å²) >= 11 is 0. The molecule has 1 amide bonds. The summed E-state index contributed by atoms with van der Waals surface area (Å²) in [6.45, 7) is 1.78. The zero-order valence-electron chi connectivity index (χ0n) is 17.2. The van der Waals surface area contributed by atoms with Gasteiger partial charge in [0.25, 0.3) is 5.91 Å². The van der Waals surface area contributed by atoms with Gasteiger partial charge in [0.1, 0.15) is 0 Å². The van der Waals surface area contributed by atoms with Crippen molar-refractivity contribution in [3.8, 4) is 11.3 Å². The molecule has 160 valence electrons. The van der Waals surface area contributed by atoms with Crippen LogP contribution < -0.4 is 5.32 Å². The molecule has 2 aromatic carbocycles. The van der Waals surface area contributed by atoms with Gasteiger partial charge in [0.05, 0.1) is 34.3 Å². The molecular weight excluding hydrogens is 410 g/mol. The number of carbonyl (C=O) groups is 1. The lowest BCUT2D eigenvalue weighted by molar-refractivity contribution is 0.0920. The average molecular weight is 436 g/mol. The minimum atomic E-state index is -3.17. The summed E-state index contributed by atoms with van der Waals surface area (Å²) in [4.78, 5) is 20.4. The van der Waals surface area contributed by atoms with Gasteiger partial charge in [-0.05, 0) is 38.1 Å². The van der Waals surface area contributed by atoms with Gasteiger partial charge in [-0.25, -0.2) is 13.4 Å². The van der Waals surface area contributed by atoms with E-state index in [4.69, 9.17) is 4.98 Å². The monoisotopic (exact) mass is 435 g/mol. The van der Waals surface area contributed by atoms with Crippen LogP contribution in [0.25, 0.3) is 22.2 Å². The zero-order chi connectivity index (χ0) is 21.4.